The van der Waals surface area contributed by atoms with E-state index in [1.807, 2.05) is 67.6 Å². The SMILES string of the molecule is CCC[CH2][Sn]([CH2]CCC)([CH2]CCC)[O]C(=O)c1c(C)nn(-c2ccccc2)c1Oc1ccccc1. The second-order valence-electron chi connectivity index (χ2n) is 9.31. The van der Waals surface area contributed by atoms with Gasteiger partial charge in [-0.2, -0.15) is 0 Å². The van der Waals surface area contributed by atoms with Crippen molar-refractivity contribution in [3.63, 3.8) is 0 Å². The third-order valence-corrected chi connectivity index (χ3v) is 19.0. The average Bonchev–Trinajstić information content (AvgIpc) is 3.21. The molecule has 0 unspecified atom stereocenters. The molecule has 0 spiro atoms. The van der Waals surface area contributed by atoms with E-state index in [4.69, 9.17) is 12.9 Å². The summed E-state index contributed by atoms with van der Waals surface area (Å²) in [6, 6.07) is 19.4. The van der Waals surface area contributed by atoms with Crippen LogP contribution in [0.4, 0.5) is 0 Å². The second kappa shape index (κ2) is 13.7. The molecule has 1 heterocycles. The minimum absolute atomic E-state index is 0.255. The first-order chi connectivity index (χ1) is 17.0. The van der Waals surface area contributed by atoms with Gasteiger partial charge in [-0.15, -0.1) is 0 Å². The molecule has 3 aromatic rings. The summed E-state index contributed by atoms with van der Waals surface area (Å²) in [5.74, 6) is 0.831. The van der Waals surface area contributed by atoms with E-state index in [0.29, 0.717) is 22.9 Å². The summed E-state index contributed by atoms with van der Waals surface area (Å²) in [5, 5.41) is 4.73. The molecule has 6 heteroatoms. The van der Waals surface area contributed by atoms with Crippen molar-refractivity contribution < 1.29 is 12.6 Å². The van der Waals surface area contributed by atoms with E-state index in [1.54, 1.807) is 4.68 Å². The first-order valence-corrected chi connectivity index (χ1v) is 20.4. The third-order valence-electron chi connectivity index (χ3n) is 6.45. The quantitative estimate of drug-likeness (QED) is 0.179. The van der Waals surface area contributed by atoms with E-state index < -0.39 is 18.8 Å². The van der Waals surface area contributed by atoms with Crippen LogP contribution in [0, 0.1) is 6.92 Å². The van der Waals surface area contributed by atoms with Gasteiger partial charge in [-0.3, -0.25) is 0 Å². The molecule has 0 bridgehead atoms. The van der Waals surface area contributed by atoms with Gasteiger partial charge < -0.3 is 0 Å². The molecule has 5 nitrogen and oxygen atoms in total. The van der Waals surface area contributed by atoms with Gasteiger partial charge in [0.05, 0.1) is 0 Å². The van der Waals surface area contributed by atoms with Gasteiger partial charge in [0, 0.05) is 0 Å². The fourth-order valence-electron chi connectivity index (χ4n) is 4.45. The molecule has 188 valence electrons. The van der Waals surface area contributed by atoms with Gasteiger partial charge in [0.25, 0.3) is 0 Å². The Morgan fingerprint density at radius 3 is 1.86 bits per heavy atom. The summed E-state index contributed by atoms with van der Waals surface area (Å²) < 4.78 is 18.0. The van der Waals surface area contributed by atoms with Crippen molar-refractivity contribution >= 4 is 24.8 Å². The summed E-state index contributed by atoms with van der Waals surface area (Å²) in [5.41, 5.74) is 1.92. The van der Waals surface area contributed by atoms with Crippen molar-refractivity contribution in [2.24, 2.45) is 0 Å². The molecule has 0 aliphatic rings. The van der Waals surface area contributed by atoms with Crippen molar-refractivity contribution in [2.75, 3.05) is 0 Å². The number of carbonyl (C=O) groups excluding carboxylic acids is 1. The van der Waals surface area contributed by atoms with Crippen LogP contribution in [-0.2, 0) is 3.07 Å². The van der Waals surface area contributed by atoms with E-state index in [1.165, 1.54) is 0 Å². The molecule has 0 N–H and O–H groups in total. The molecule has 35 heavy (non-hydrogen) atoms. The van der Waals surface area contributed by atoms with E-state index in [9.17, 15) is 4.79 Å². The Bertz CT molecular complexity index is 1030. The van der Waals surface area contributed by atoms with Crippen LogP contribution in [-0.4, -0.2) is 34.5 Å². The number of aryl methyl sites for hydroxylation is 1. The van der Waals surface area contributed by atoms with E-state index >= 15 is 0 Å². The number of rotatable bonds is 14. The molecule has 0 amide bonds. The summed E-state index contributed by atoms with van der Waals surface area (Å²) in [6.07, 6.45) is 6.77. The van der Waals surface area contributed by atoms with Crippen LogP contribution in [0.1, 0.15) is 75.3 Å². The van der Waals surface area contributed by atoms with Gasteiger partial charge in [0.2, 0.25) is 0 Å². The topological polar surface area (TPSA) is 53.3 Å². The van der Waals surface area contributed by atoms with Crippen LogP contribution in [0.2, 0.25) is 13.3 Å². The van der Waals surface area contributed by atoms with Crippen LogP contribution < -0.4 is 4.74 Å². The predicted octanol–water partition coefficient (Wildman–Crippen LogP) is 8.48. The van der Waals surface area contributed by atoms with Crippen molar-refractivity contribution in [3.05, 3.63) is 71.9 Å². The van der Waals surface area contributed by atoms with Crippen molar-refractivity contribution in [1.29, 1.82) is 0 Å². The molecular weight excluding hydrogens is 543 g/mol. The number of hydrogen-bond acceptors (Lipinski definition) is 4. The third kappa shape index (κ3) is 7.35. The fourth-order valence-corrected chi connectivity index (χ4v) is 17.4. The summed E-state index contributed by atoms with van der Waals surface area (Å²) >= 11 is -3.18. The summed E-state index contributed by atoms with van der Waals surface area (Å²) in [6.45, 7) is 8.53. The number of aromatic nitrogens is 2. The number of carbonyl (C=O) groups is 1. The first kappa shape index (κ1) is 27.3. The number of unbranched alkanes of at least 4 members (excludes halogenated alkanes) is 3. The van der Waals surface area contributed by atoms with Crippen LogP contribution in [0.25, 0.3) is 5.69 Å². The van der Waals surface area contributed by atoms with Gasteiger partial charge in [-0.05, 0) is 0 Å². The number of benzene rings is 2. The Balaban J connectivity index is 2.03. The number of nitrogens with zero attached hydrogens (tertiary/aromatic N) is 2. The molecule has 2 aromatic carbocycles. The molecule has 0 fully saturated rings. The van der Waals surface area contributed by atoms with Gasteiger partial charge >= 0.3 is 216 Å². The standard InChI is InChI=1S/C17H14N2O3.3C4H9.Sn/c1-12-15(17(20)21)16(22-14-10-6-3-7-11-14)19(18-12)13-8-4-2-5-9-13;3*1-3-4-2;/h2-11H,1H3,(H,20,21);3*1,3-4H2,2H3;/q;;;;+1/p-1. The van der Waals surface area contributed by atoms with Crippen molar-refractivity contribution in [3.8, 4) is 17.3 Å². The van der Waals surface area contributed by atoms with Crippen LogP contribution in [0.15, 0.2) is 60.7 Å². The van der Waals surface area contributed by atoms with Crippen molar-refractivity contribution in [2.45, 2.75) is 79.5 Å². The van der Waals surface area contributed by atoms with Crippen LogP contribution in [0.3, 0.4) is 0 Å². The molecule has 0 saturated heterocycles. The summed E-state index contributed by atoms with van der Waals surface area (Å²) in [4.78, 5) is 13.9. The van der Waals surface area contributed by atoms with Gasteiger partial charge in [0.1, 0.15) is 0 Å². The van der Waals surface area contributed by atoms with Gasteiger partial charge in [-0.1, -0.05) is 0 Å². The minimum atomic E-state index is -3.18. The molecular formula is C29H40N2O3Sn. The van der Waals surface area contributed by atoms with Crippen LogP contribution >= 0.6 is 0 Å². The Kier molecular flexibility index (Phi) is 10.7. The Labute approximate surface area is 215 Å². The number of ether oxygens (including phenoxy) is 1. The van der Waals surface area contributed by atoms with E-state index in [0.717, 1.165) is 57.5 Å². The normalized spacial score (nSPS) is 11.4. The zero-order valence-corrected chi connectivity index (χ0v) is 24.6. The zero-order valence-electron chi connectivity index (χ0n) is 21.8. The molecule has 3 rings (SSSR count). The Morgan fingerprint density at radius 2 is 1.34 bits per heavy atom. The summed E-state index contributed by atoms with van der Waals surface area (Å²) in [7, 11) is 0. The second-order valence-corrected chi connectivity index (χ2v) is 20.9. The number of para-hydroxylation sites is 2. The van der Waals surface area contributed by atoms with E-state index in [2.05, 4.69) is 20.8 Å². The maximum atomic E-state index is 13.9. The Hall–Kier alpha value is -2.28. The first-order valence-electron chi connectivity index (χ1n) is 13.1. The maximum absolute atomic E-state index is 13.9. The molecule has 0 aliphatic carbocycles. The van der Waals surface area contributed by atoms with E-state index in [-0.39, 0.29) is 5.97 Å². The van der Waals surface area contributed by atoms with Gasteiger partial charge in [0.15, 0.2) is 0 Å². The molecule has 0 saturated carbocycles. The fraction of sp³-hybridized carbons (Fsp3) is 0.448. The zero-order chi connectivity index (χ0) is 25.1. The predicted molar refractivity (Wildman–Crippen MR) is 145 cm³/mol. The molecule has 0 aliphatic heterocycles. The van der Waals surface area contributed by atoms with Crippen LogP contribution in [0.5, 0.6) is 11.6 Å². The molecule has 1 aromatic heterocycles. The van der Waals surface area contributed by atoms with Crippen molar-refractivity contribution in [1.82, 2.24) is 9.78 Å². The molecule has 0 radical (unpaired) electrons. The van der Waals surface area contributed by atoms with Gasteiger partial charge in [-0.25, -0.2) is 0 Å². The monoisotopic (exact) mass is 584 g/mol. The number of hydrogen-bond donors (Lipinski definition) is 0. The molecule has 0 atom stereocenters. The Morgan fingerprint density at radius 1 is 0.829 bits per heavy atom. The average molecular weight is 583 g/mol.